The summed E-state index contributed by atoms with van der Waals surface area (Å²) in [6.45, 7) is 4.44. The number of aryl methyl sites for hydroxylation is 1. The van der Waals surface area contributed by atoms with Crippen LogP contribution in [0.4, 0.5) is 5.95 Å². The van der Waals surface area contributed by atoms with Crippen LogP contribution in [0.1, 0.15) is 36.9 Å². The lowest BCUT2D eigenvalue weighted by Gasteiger charge is -2.32. The van der Waals surface area contributed by atoms with Crippen LogP contribution in [0.2, 0.25) is 0 Å². The molecule has 0 N–H and O–H groups in total. The molecule has 1 fully saturated rings. The van der Waals surface area contributed by atoms with E-state index in [-0.39, 0.29) is 0 Å². The second-order valence-corrected chi connectivity index (χ2v) is 7.83. The Bertz CT molecular complexity index is 1120. The molecule has 4 heterocycles. The highest BCUT2D eigenvalue weighted by Crippen LogP contribution is 2.25. The molecule has 0 saturated carbocycles. The lowest BCUT2D eigenvalue weighted by Crippen LogP contribution is -2.35. The van der Waals surface area contributed by atoms with Crippen molar-refractivity contribution in [3.63, 3.8) is 0 Å². The van der Waals surface area contributed by atoms with Gasteiger partial charge in [-0.2, -0.15) is 5.10 Å². The molecule has 0 radical (unpaired) electrons. The number of rotatable bonds is 7. The molecule has 164 valence electrons. The molecule has 4 aromatic rings. The Morgan fingerprint density at radius 1 is 1.00 bits per heavy atom. The van der Waals surface area contributed by atoms with Gasteiger partial charge in [-0.3, -0.25) is 4.68 Å². The van der Waals surface area contributed by atoms with Gasteiger partial charge in [0, 0.05) is 37.2 Å². The zero-order valence-corrected chi connectivity index (χ0v) is 17.9. The lowest BCUT2D eigenvalue weighted by molar-refractivity contribution is 0.305. The first-order valence-electron chi connectivity index (χ1n) is 10.8. The molecule has 10 heteroatoms. The average molecular weight is 432 g/mol. The number of benzene rings is 1. The van der Waals surface area contributed by atoms with Crippen molar-refractivity contribution in [2.45, 2.75) is 38.8 Å². The van der Waals surface area contributed by atoms with E-state index in [9.17, 15) is 0 Å². The molecule has 1 saturated heterocycles. The van der Waals surface area contributed by atoms with Gasteiger partial charge in [0.25, 0.3) is 0 Å². The molecule has 10 nitrogen and oxygen atoms in total. The predicted octanol–water partition coefficient (Wildman–Crippen LogP) is 2.63. The summed E-state index contributed by atoms with van der Waals surface area (Å²) in [5.41, 5.74) is 3.10. The van der Waals surface area contributed by atoms with Crippen LogP contribution in [0.25, 0.3) is 5.69 Å². The Kier molecular flexibility index (Phi) is 5.73. The standard InChI is InChI=1S/C22H25N9O/c1-2-17-11-23-22(24-12-17)29-9-7-20(8-10-29)30-14-18(13-26-30)15-32-21-5-3-19(4-6-21)31-16-25-27-28-31/h3-6,11-14,16,20H,2,7-10,15H2,1H3. The Morgan fingerprint density at radius 2 is 1.78 bits per heavy atom. The van der Waals surface area contributed by atoms with Gasteiger partial charge in [-0.05, 0) is 59.5 Å². The summed E-state index contributed by atoms with van der Waals surface area (Å²) in [7, 11) is 0. The van der Waals surface area contributed by atoms with Crippen LogP contribution in [0, 0.1) is 0 Å². The highest BCUT2D eigenvalue weighted by Gasteiger charge is 2.22. The highest BCUT2D eigenvalue weighted by atomic mass is 16.5. The maximum Gasteiger partial charge on any atom is 0.225 e. The van der Waals surface area contributed by atoms with Gasteiger partial charge in [-0.25, -0.2) is 14.6 Å². The van der Waals surface area contributed by atoms with E-state index in [0.29, 0.717) is 12.6 Å². The number of piperidine rings is 1. The van der Waals surface area contributed by atoms with E-state index >= 15 is 0 Å². The molecule has 0 spiro atoms. The molecule has 0 aliphatic carbocycles. The predicted molar refractivity (Wildman–Crippen MR) is 118 cm³/mol. The fourth-order valence-corrected chi connectivity index (χ4v) is 3.82. The highest BCUT2D eigenvalue weighted by molar-refractivity contribution is 5.36. The quantitative estimate of drug-likeness (QED) is 0.440. The third-order valence-electron chi connectivity index (χ3n) is 5.73. The van der Waals surface area contributed by atoms with E-state index in [0.717, 1.165) is 55.3 Å². The van der Waals surface area contributed by atoms with Gasteiger partial charge in [-0.1, -0.05) is 6.92 Å². The van der Waals surface area contributed by atoms with Crippen molar-refractivity contribution in [2.24, 2.45) is 0 Å². The van der Waals surface area contributed by atoms with Crippen LogP contribution in [0.15, 0.2) is 55.4 Å². The van der Waals surface area contributed by atoms with E-state index in [4.69, 9.17) is 4.74 Å². The number of nitrogens with zero attached hydrogens (tertiary/aromatic N) is 9. The second kappa shape index (κ2) is 9.13. The molecule has 1 aliphatic heterocycles. The van der Waals surface area contributed by atoms with Crippen molar-refractivity contribution < 1.29 is 4.74 Å². The SMILES string of the molecule is CCc1cnc(N2CCC(n3cc(COc4ccc(-n5cnnn5)cc4)cn3)CC2)nc1. The van der Waals surface area contributed by atoms with Crippen molar-refractivity contribution in [1.82, 2.24) is 40.0 Å². The maximum atomic E-state index is 5.92. The van der Waals surface area contributed by atoms with E-state index in [1.807, 2.05) is 42.9 Å². The zero-order chi connectivity index (χ0) is 21.8. The third-order valence-corrected chi connectivity index (χ3v) is 5.73. The first-order valence-corrected chi connectivity index (χ1v) is 10.8. The van der Waals surface area contributed by atoms with E-state index < -0.39 is 0 Å². The number of hydrogen-bond donors (Lipinski definition) is 0. The first kappa shape index (κ1) is 20.1. The van der Waals surface area contributed by atoms with Gasteiger partial charge in [0.15, 0.2) is 0 Å². The zero-order valence-electron chi connectivity index (χ0n) is 17.9. The molecule has 0 unspecified atom stereocenters. The minimum Gasteiger partial charge on any atom is -0.489 e. The molecular weight excluding hydrogens is 406 g/mol. The first-order chi connectivity index (χ1) is 15.8. The average Bonchev–Trinajstić information content (AvgIpc) is 3.56. The van der Waals surface area contributed by atoms with Gasteiger partial charge in [0.2, 0.25) is 5.95 Å². The van der Waals surface area contributed by atoms with Crippen molar-refractivity contribution in [3.05, 3.63) is 66.5 Å². The maximum absolute atomic E-state index is 5.92. The van der Waals surface area contributed by atoms with Gasteiger partial charge < -0.3 is 9.64 Å². The van der Waals surface area contributed by atoms with E-state index in [1.165, 1.54) is 5.56 Å². The summed E-state index contributed by atoms with van der Waals surface area (Å²) in [5.74, 6) is 1.61. The van der Waals surface area contributed by atoms with Gasteiger partial charge >= 0.3 is 0 Å². The Labute approximate surface area is 185 Å². The van der Waals surface area contributed by atoms with Crippen molar-refractivity contribution >= 4 is 5.95 Å². The van der Waals surface area contributed by atoms with Crippen LogP contribution >= 0.6 is 0 Å². The lowest BCUT2D eigenvalue weighted by atomic mass is 10.1. The molecule has 0 bridgehead atoms. The molecule has 32 heavy (non-hydrogen) atoms. The molecule has 1 aliphatic rings. The van der Waals surface area contributed by atoms with Gasteiger partial charge in [0.05, 0.1) is 17.9 Å². The fraction of sp³-hybridized carbons (Fsp3) is 0.364. The van der Waals surface area contributed by atoms with Crippen LogP contribution in [-0.2, 0) is 13.0 Å². The number of aromatic nitrogens is 8. The summed E-state index contributed by atoms with van der Waals surface area (Å²) >= 11 is 0. The molecule has 5 rings (SSSR count). The smallest absolute Gasteiger partial charge is 0.225 e. The summed E-state index contributed by atoms with van der Waals surface area (Å²) in [6.07, 6.45) is 12.4. The summed E-state index contributed by atoms with van der Waals surface area (Å²) < 4.78 is 9.59. The third kappa shape index (κ3) is 4.43. The summed E-state index contributed by atoms with van der Waals surface area (Å²) in [6, 6.07) is 8.04. The minimum absolute atomic E-state index is 0.380. The topological polar surface area (TPSA) is 99.7 Å². The Hall–Kier alpha value is -3.82. The summed E-state index contributed by atoms with van der Waals surface area (Å²) in [5, 5.41) is 15.8. The number of ether oxygens (including phenoxy) is 1. The van der Waals surface area contributed by atoms with Crippen LogP contribution in [0.3, 0.4) is 0 Å². The van der Waals surface area contributed by atoms with Crippen molar-refractivity contribution in [3.8, 4) is 11.4 Å². The largest absolute Gasteiger partial charge is 0.489 e. The van der Waals surface area contributed by atoms with Crippen LogP contribution < -0.4 is 9.64 Å². The molecular formula is C22H25N9O. The van der Waals surface area contributed by atoms with Gasteiger partial charge in [0.1, 0.15) is 18.7 Å². The molecule has 1 aromatic carbocycles. The van der Waals surface area contributed by atoms with E-state index in [1.54, 1.807) is 11.0 Å². The molecule has 0 atom stereocenters. The second-order valence-electron chi connectivity index (χ2n) is 7.83. The van der Waals surface area contributed by atoms with E-state index in [2.05, 4.69) is 53.3 Å². The Balaban J connectivity index is 1.13. The summed E-state index contributed by atoms with van der Waals surface area (Å²) in [4.78, 5) is 11.3. The monoisotopic (exact) mass is 431 g/mol. The molecule has 3 aromatic heterocycles. The molecule has 0 amide bonds. The van der Waals surface area contributed by atoms with Crippen LogP contribution in [-0.4, -0.2) is 53.0 Å². The normalized spacial score (nSPS) is 14.6. The van der Waals surface area contributed by atoms with Crippen LogP contribution in [0.5, 0.6) is 5.75 Å². The number of tetrazole rings is 1. The number of anilines is 1. The van der Waals surface area contributed by atoms with Crippen molar-refractivity contribution in [2.75, 3.05) is 18.0 Å². The fourth-order valence-electron chi connectivity index (χ4n) is 3.82. The minimum atomic E-state index is 0.380. The van der Waals surface area contributed by atoms with Gasteiger partial charge in [-0.15, -0.1) is 5.10 Å². The number of hydrogen-bond acceptors (Lipinski definition) is 8. The van der Waals surface area contributed by atoms with Crippen molar-refractivity contribution in [1.29, 1.82) is 0 Å². The Morgan fingerprint density at radius 3 is 2.47 bits per heavy atom.